The minimum Gasteiger partial charge on any atom is -0.490 e. The highest BCUT2D eigenvalue weighted by atomic mass is 19.4. The van der Waals surface area contributed by atoms with Crippen LogP contribution in [0.3, 0.4) is 0 Å². The number of carboxylic acids is 1. The maximum absolute atomic E-state index is 13.4. The van der Waals surface area contributed by atoms with Gasteiger partial charge in [-0.1, -0.05) is 18.2 Å². The van der Waals surface area contributed by atoms with E-state index < -0.39 is 29.0 Å². The lowest BCUT2D eigenvalue weighted by atomic mass is 10.0. The molecule has 0 aliphatic rings. The second-order valence-corrected chi connectivity index (χ2v) is 9.07. The quantitative estimate of drug-likeness (QED) is 0.0693. The van der Waals surface area contributed by atoms with Crippen LogP contribution in [0.2, 0.25) is 0 Å². The maximum Gasteiger partial charge on any atom is 0.490 e. The van der Waals surface area contributed by atoms with Crippen molar-refractivity contribution < 1.29 is 42.3 Å². The first-order valence-electron chi connectivity index (χ1n) is 12.9. The van der Waals surface area contributed by atoms with E-state index in [9.17, 15) is 28.1 Å². The minimum absolute atomic E-state index is 0.0726. The number of rotatable bonds is 12. The third kappa shape index (κ3) is 10.4. The van der Waals surface area contributed by atoms with Gasteiger partial charge in [-0.3, -0.25) is 31.2 Å². The van der Waals surface area contributed by atoms with Gasteiger partial charge in [-0.25, -0.2) is 4.79 Å². The highest BCUT2D eigenvalue weighted by Gasteiger charge is 2.38. The van der Waals surface area contributed by atoms with Crippen LogP contribution in [-0.2, 0) is 9.59 Å². The Morgan fingerprint density at radius 2 is 1.68 bits per heavy atom. The molecule has 0 saturated heterocycles. The summed E-state index contributed by atoms with van der Waals surface area (Å²) in [6.45, 7) is 6.05. The fourth-order valence-corrected chi connectivity index (χ4v) is 3.48. The number of para-hydroxylation sites is 2. The van der Waals surface area contributed by atoms with Crippen LogP contribution in [0.4, 0.5) is 30.2 Å². The van der Waals surface area contributed by atoms with Crippen molar-refractivity contribution >= 4 is 34.8 Å². The van der Waals surface area contributed by atoms with Crippen LogP contribution in [0, 0.1) is 15.5 Å². The number of benzene rings is 3. The smallest absolute Gasteiger partial charge is 0.490 e. The number of hydrogen-bond donors (Lipinski definition) is 6. The standard InChI is InChI=1S/C26H30N6O5.C2HF3O2/c1-4-36-23-15-18(11-14-22(23)37-16(2)3)24(29-19-12-9-17(10-13-19)25(27)28)26(33)31-30-20-7-5-6-8-21(20)32(34)35;3-2(4,5)1(6)7/h5-16,24,29-30H,4H2,1-3H3,(H3,27,28)(H,31,33);(H,6,7). The summed E-state index contributed by atoms with van der Waals surface area (Å²) in [6.07, 6.45) is -5.16. The number of hydrazine groups is 1. The summed E-state index contributed by atoms with van der Waals surface area (Å²) in [6, 6.07) is 17.0. The van der Waals surface area contributed by atoms with Gasteiger partial charge in [0.15, 0.2) is 11.5 Å². The van der Waals surface area contributed by atoms with E-state index in [0.717, 1.165) is 0 Å². The highest BCUT2D eigenvalue weighted by molar-refractivity contribution is 5.95. The third-order valence-corrected chi connectivity index (χ3v) is 5.40. The Bertz CT molecular complexity index is 1470. The van der Waals surface area contributed by atoms with E-state index in [0.29, 0.717) is 34.9 Å². The van der Waals surface area contributed by atoms with E-state index in [1.165, 1.54) is 18.2 Å². The molecule has 0 bridgehead atoms. The second-order valence-electron chi connectivity index (χ2n) is 9.07. The van der Waals surface area contributed by atoms with Crippen molar-refractivity contribution in [3.8, 4) is 11.5 Å². The van der Waals surface area contributed by atoms with Crippen LogP contribution in [-0.4, -0.2) is 46.6 Å². The Hall–Kier alpha value is -5.54. The Balaban J connectivity index is 0.000000860. The summed E-state index contributed by atoms with van der Waals surface area (Å²) in [5, 5.41) is 29.2. The van der Waals surface area contributed by atoms with Crippen molar-refractivity contribution in [2.45, 2.75) is 39.1 Å². The number of nitro benzene ring substituents is 1. The molecule has 0 fully saturated rings. The van der Waals surface area contributed by atoms with Crippen molar-refractivity contribution in [1.29, 1.82) is 5.41 Å². The lowest BCUT2D eigenvalue weighted by molar-refractivity contribution is -0.384. The number of nitrogens with two attached hydrogens (primary N) is 1. The Kier molecular flexibility index (Phi) is 12.3. The van der Waals surface area contributed by atoms with Crippen molar-refractivity contribution in [2.75, 3.05) is 17.3 Å². The largest absolute Gasteiger partial charge is 0.490 e. The van der Waals surface area contributed by atoms with Crippen LogP contribution < -0.4 is 31.4 Å². The number of carbonyl (C=O) groups excluding carboxylic acids is 1. The first-order chi connectivity index (χ1) is 20.6. The number of nitro groups is 1. The Morgan fingerprint density at radius 3 is 2.20 bits per heavy atom. The van der Waals surface area contributed by atoms with E-state index in [-0.39, 0.29) is 23.3 Å². The monoisotopic (exact) mass is 620 g/mol. The van der Waals surface area contributed by atoms with Gasteiger partial charge in [-0.15, -0.1) is 0 Å². The predicted octanol–water partition coefficient (Wildman–Crippen LogP) is 4.99. The van der Waals surface area contributed by atoms with Gasteiger partial charge < -0.3 is 25.6 Å². The van der Waals surface area contributed by atoms with Gasteiger partial charge in [0.1, 0.15) is 17.6 Å². The molecule has 7 N–H and O–H groups in total. The third-order valence-electron chi connectivity index (χ3n) is 5.40. The maximum atomic E-state index is 13.4. The molecule has 44 heavy (non-hydrogen) atoms. The highest BCUT2D eigenvalue weighted by Crippen LogP contribution is 2.33. The van der Waals surface area contributed by atoms with Crippen LogP contribution in [0.25, 0.3) is 0 Å². The lowest BCUT2D eigenvalue weighted by Gasteiger charge is -2.22. The number of alkyl halides is 3. The molecule has 3 aromatic carbocycles. The summed E-state index contributed by atoms with van der Waals surface area (Å²) in [7, 11) is 0. The van der Waals surface area contributed by atoms with E-state index in [1.807, 2.05) is 20.8 Å². The van der Waals surface area contributed by atoms with Gasteiger partial charge in [-0.2, -0.15) is 13.2 Å². The number of aliphatic carboxylic acids is 1. The van der Waals surface area contributed by atoms with Gasteiger partial charge in [0.25, 0.3) is 11.6 Å². The number of amides is 1. The number of carbonyl (C=O) groups is 2. The van der Waals surface area contributed by atoms with Gasteiger partial charge in [-0.05, 0) is 68.8 Å². The summed E-state index contributed by atoms with van der Waals surface area (Å²) in [5.41, 5.74) is 12.4. The molecule has 1 unspecified atom stereocenters. The summed E-state index contributed by atoms with van der Waals surface area (Å²) in [5.74, 6) is -2.31. The molecule has 13 nitrogen and oxygen atoms in total. The Morgan fingerprint density at radius 1 is 1.07 bits per heavy atom. The average molecular weight is 621 g/mol. The predicted molar refractivity (Wildman–Crippen MR) is 156 cm³/mol. The molecular weight excluding hydrogens is 589 g/mol. The molecule has 0 spiro atoms. The van der Waals surface area contributed by atoms with Crippen LogP contribution in [0.1, 0.15) is 37.9 Å². The van der Waals surface area contributed by atoms with E-state index in [4.69, 9.17) is 30.5 Å². The minimum atomic E-state index is -5.08. The number of anilines is 2. The summed E-state index contributed by atoms with van der Waals surface area (Å²) < 4.78 is 43.3. The lowest BCUT2D eigenvalue weighted by Crippen LogP contribution is -2.37. The van der Waals surface area contributed by atoms with Crippen LogP contribution >= 0.6 is 0 Å². The van der Waals surface area contributed by atoms with E-state index >= 15 is 0 Å². The molecule has 0 heterocycles. The first-order valence-corrected chi connectivity index (χ1v) is 12.9. The molecule has 1 amide bonds. The number of carboxylic acid groups (broad SMARTS) is 1. The van der Waals surface area contributed by atoms with Crippen molar-refractivity contribution in [3.63, 3.8) is 0 Å². The normalized spacial score (nSPS) is 11.3. The van der Waals surface area contributed by atoms with Gasteiger partial charge in [0.05, 0.1) is 17.6 Å². The summed E-state index contributed by atoms with van der Waals surface area (Å²) >= 11 is 0. The molecule has 16 heteroatoms. The number of hydrogen-bond acceptors (Lipinski definition) is 9. The van der Waals surface area contributed by atoms with Crippen LogP contribution in [0.15, 0.2) is 66.7 Å². The number of amidine groups is 1. The van der Waals surface area contributed by atoms with Crippen molar-refractivity contribution in [2.24, 2.45) is 5.73 Å². The SMILES string of the molecule is CCOc1cc(C(Nc2ccc(C(=N)N)cc2)C(=O)NNc2ccccc2[N+](=O)[O-])ccc1OC(C)C.O=C(O)C(F)(F)F. The topological polar surface area (TPSA) is 202 Å². The number of nitrogens with one attached hydrogen (secondary N) is 4. The fraction of sp³-hybridized carbons (Fsp3) is 0.250. The zero-order valence-electron chi connectivity index (χ0n) is 23.8. The first kappa shape index (κ1) is 34.7. The molecule has 3 aromatic rings. The average Bonchev–Trinajstić information content (AvgIpc) is 2.95. The number of nitrogen functional groups attached to an aromatic ring is 1. The molecule has 0 aliphatic carbocycles. The molecule has 0 aliphatic heterocycles. The van der Waals surface area contributed by atoms with Gasteiger partial charge >= 0.3 is 12.1 Å². The number of ether oxygens (including phenoxy) is 2. The molecular formula is C28H31F3N6O7. The number of halogens is 3. The van der Waals surface area contributed by atoms with Crippen LogP contribution in [0.5, 0.6) is 11.5 Å². The molecule has 3 rings (SSSR count). The Labute approximate surface area is 249 Å². The molecule has 0 saturated carbocycles. The number of nitrogens with zero attached hydrogens (tertiary/aromatic N) is 1. The van der Waals surface area contributed by atoms with Gasteiger partial charge in [0.2, 0.25) is 0 Å². The molecule has 1 atom stereocenters. The van der Waals surface area contributed by atoms with Crippen molar-refractivity contribution in [3.05, 3.63) is 88.0 Å². The zero-order valence-corrected chi connectivity index (χ0v) is 23.8. The molecule has 0 aromatic heterocycles. The second kappa shape index (κ2) is 15.6. The zero-order chi connectivity index (χ0) is 33.0. The fourth-order valence-electron chi connectivity index (χ4n) is 3.48. The van der Waals surface area contributed by atoms with E-state index in [1.54, 1.807) is 48.5 Å². The van der Waals surface area contributed by atoms with Crippen molar-refractivity contribution in [1.82, 2.24) is 5.43 Å². The molecule has 0 radical (unpaired) electrons. The van der Waals surface area contributed by atoms with E-state index in [2.05, 4.69) is 16.2 Å². The summed E-state index contributed by atoms with van der Waals surface area (Å²) in [4.78, 5) is 33.1. The molecule has 236 valence electrons. The van der Waals surface area contributed by atoms with Gasteiger partial charge in [0, 0.05) is 17.3 Å².